The molecule has 0 saturated carbocycles. The van der Waals surface area contributed by atoms with E-state index in [0.717, 1.165) is 18.4 Å². The topological polar surface area (TPSA) is 26.0 Å². The maximum Gasteiger partial charge on any atom is 0.0991 e. The number of hydrogen-bond donors (Lipinski definition) is 1. The Morgan fingerprint density at radius 1 is 1.38 bits per heavy atom. The fraction of sp³-hybridized carbons (Fsp3) is 0.273. The van der Waals surface area contributed by atoms with Gasteiger partial charge in [0, 0.05) is 6.04 Å². The van der Waals surface area contributed by atoms with Crippen molar-refractivity contribution in [2.24, 2.45) is 5.73 Å². The SMILES string of the molecule is NC(CCc1ccsc1)c1cc(Cl)sc1Cl. The zero-order valence-corrected chi connectivity index (χ0v) is 11.6. The van der Waals surface area contributed by atoms with Crippen LogP contribution in [0.25, 0.3) is 0 Å². The van der Waals surface area contributed by atoms with Crippen LogP contribution in [0.4, 0.5) is 0 Å². The van der Waals surface area contributed by atoms with Crippen LogP contribution in [-0.4, -0.2) is 0 Å². The molecular weight excluding hydrogens is 281 g/mol. The Morgan fingerprint density at radius 3 is 2.75 bits per heavy atom. The van der Waals surface area contributed by atoms with E-state index in [1.54, 1.807) is 11.3 Å². The van der Waals surface area contributed by atoms with Crippen LogP contribution in [0.15, 0.2) is 22.9 Å². The van der Waals surface area contributed by atoms with Gasteiger partial charge in [-0.25, -0.2) is 0 Å². The molecule has 0 aliphatic rings. The summed E-state index contributed by atoms with van der Waals surface area (Å²) in [5.41, 5.74) is 8.39. The second kappa shape index (κ2) is 5.52. The van der Waals surface area contributed by atoms with Crippen LogP contribution in [0.1, 0.15) is 23.6 Å². The van der Waals surface area contributed by atoms with Crippen molar-refractivity contribution in [1.82, 2.24) is 0 Å². The predicted octanol–water partition coefficient (Wildman–Crippen LogP) is 4.75. The van der Waals surface area contributed by atoms with Crippen molar-refractivity contribution >= 4 is 45.9 Å². The molecule has 2 heterocycles. The van der Waals surface area contributed by atoms with E-state index in [0.29, 0.717) is 8.67 Å². The number of halogens is 2. The van der Waals surface area contributed by atoms with E-state index in [-0.39, 0.29) is 6.04 Å². The van der Waals surface area contributed by atoms with Crippen molar-refractivity contribution in [3.05, 3.63) is 42.7 Å². The Morgan fingerprint density at radius 2 is 2.19 bits per heavy atom. The van der Waals surface area contributed by atoms with E-state index in [1.807, 2.05) is 6.07 Å². The fourth-order valence-electron chi connectivity index (χ4n) is 1.52. The summed E-state index contributed by atoms with van der Waals surface area (Å²) in [6, 6.07) is 3.96. The van der Waals surface area contributed by atoms with Crippen molar-refractivity contribution in [3.63, 3.8) is 0 Å². The van der Waals surface area contributed by atoms with Crippen molar-refractivity contribution in [2.75, 3.05) is 0 Å². The van der Waals surface area contributed by atoms with Crippen LogP contribution < -0.4 is 5.73 Å². The second-order valence-corrected chi connectivity index (χ2v) is 6.62. The Hall–Kier alpha value is -0.0600. The van der Waals surface area contributed by atoms with Crippen LogP contribution in [-0.2, 0) is 6.42 Å². The lowest BCUT2D eigenvalue weighted by molar-refractivity contribution is 0.654. The molecule has 0 fully saturated rings. The normalized spacial score (nSPS) is 12.9. The molecule has 2 N–H and O–H groups in total. The molecule has 2 aromatic rings. The van der Waals surface area contributed by atoms with Gasteiger partial charge in [-0.05, 0) is 46.9 Å². The second-order valence-electron chi connectivity index (χ2n) is 3.56. The Bertz CT molecular complexity index is 451. The van der Waals surface area contributed by atoms with E-state index >= 15 is 0 Å². The molecule has 1 nitrogen and oxygen atoms in total. The Labute approximate surface area is 113 Å². The minimum absolute atomic E-state index is 0.0313. The molecular formula is C11H11Cl2NS2. The van der Waals surface area contributed by atoms with Crippen molar-refractivity contribution in [3.8, 4) is 0 Å². The van der Waals surface area contributed by atoms with Gasteiger partial charge in [-0.3, -0.25) is 0 Å². The Balaban J connectivity index is 1.98. The third-order valence-electron chi connectivity index (χ3n) is 2.41. The standard InChI is InChI=1S/C11H11Cl2NS2/c12-10-5-8(11(13)16-10)9(14)2-1-7-3-4-15-6-7/h3-6,9H,1-2,14H2. The summed E-state index contributed by atoms with van der Waals surface area (Å²) in [6.07, 6.45) is 1.87. The lowest BCUT2D eigenvalue weighted by atomic mass is 10.0. The predicted molar refractivity (Wildman–Crippen MR) is 73.9 cm³/mol. The molecule has 0 amide bonds. The molecule has 5 heteroatoms. The number of aryl methyl sites for hydroxylation is 1. The highest BCUT2D eigenvalue weighted by Crippen LogP contribution is 2.35. The third-order valence-corrected chi connectivity index (χ3v) is 4.66. The first-order valence-electron chi connectivity index (χ1n) is 4.88. The molecule has 0 radical (unpaired) electrons. The van der Waals surface area contributed by atoms with Crippen molar-refractivity contribution < 1.29 is 0 Å². The highest BCUT2D eigenvalue weighted by atomic mass is 35.5. The minimum Gasteiger partial charge on any atom is -0.324 e. The van der Waals surface area contributed by atoms with Gasteiger partial charge in [-0.1, -0.05) is 23.2 Å². The molecule has 2 aromatic heterocycles. The molecule has 16 heavy (non-hydrogen) atoms. The lowest BCUT2D eigenvalue weighted by Gasteiger charge is -2.09. The smallest absolute Gasteiger partial charge is 0.0991 e. The van der Waals surface area contributed by atoms with Gasteiger partial charge in [-0.15, -0.1) is 11.3 Å². The van der Waals surface area contributed by atoms with Crippen molar-refractivity contribution in [1.29, 1.82) is 0 Å². The van der Waals surface area contributed by atoms with Gasteiger partial charge in [-0.2, -0.15) is 11.3 Å². The lowest BCUT2D eigenvalue weighted by Crippen LogP contribution is -2.10. The minimum atomic E-state index is -0.0313. The van der Waals surface area contributed by atoms with Gasteiger partial charge < -0.3 is 5.73 Å². The molecule has 0 saturated heterocycles. The molecule has 0 spiro atoms. The maximum absolute atomic E-state index is 6.09. The van der Waals surface area contributed by atoms with Gasteiger partial charge >= 0.3 is 0 Å². The summed E-state index contributed by atoms with van der Waals surface area (Å²) in [7, 11) is 0. The van der Waals surface area contributed by atoms with Crippen LogP contribution in [0.2, 0.25) is 8.67 Å². The summed E-state index contributed by atoms with van der Waals surface area (Å²) < 4.78 is 1.41. The number of thiophene rings is 2. The Kier molecular flexibility index (Phi) is 4.27. The van der Waals surface area contributed by atoms with Crippen LogP contribution in [0, 0.1) is 0 Å². The molecule has 86 valence electrons. The summed E-state index contributed by atoms with van der Waals surface area (Å²) in [6.45, 7) is 0. The summed E-state index contributed by atoms with van der Waals surface area (Å²) in [5.74, 6) is 0. The maximum atomic E-state index is 6.09. The number of hydrogen-bond acceptors (Lipinski definition) is 3. The molecule has 1 atom stereocenters. The van der Waals surface area contributed by atoms with Crippen LogP contribution in [0.3, 0.4) is 0 Å². The molecule has 1 unspecified atom stereocenters. The van der Waals surface area contributed by atoms with Gasteiger partial charge in [0.15, 0.2) is 0 Å². The monoisotopic (exact) mass is 291 g/mol. The zero-order valence-electron chi connectivity index (χ0n) is 8.45. The first-order valence-corrected chi connectivity index (χ1v) is 7.39. The number of rotatable bonds is 4. The first-order chi connectivity index (χ1) is 7.66. The number of nitrogens with two attached hydrogens (primary N) is 1. The molecule has 0 aromatic carbocycles. The zero-order chi connectivity index (χ0) is 11.5. The molecule has 2 rings (SSSR count). The summed E-state index contributed by atoms with van der Waals surface area (Å²) in [5, 5.41) is 4.23. The van der Waals surface area contributed by atoms with Gasteiger partial charge in [0.25, 0.3) is 0 Å². The first kappa shape index (κ1) is 12.4. The van der Waals surface area contributed by atoms with E-state index < -0.39 is 0 Å². The van der Waals surface area contributed by atoms with Gasteiger partial charge in [0.1, 0.15) is 0 Å². The highest BCUT2D eigenvalue weighted by Gasteiger charge is 2.13. The third kappa shape index (κ3) is 2.99. The fourth-order valence-corrected chi connectivity index (χ4v) is 3.82. The van der Waals surface area contributed by atoms with Crippen LogP contribution >= 0.6 is 45.9 Å². The van der Waals surface area contributed by atoms with Gasteiger partial charge in [0.05, 0.1) is 8.67 Å². The average Bonchev–Trinajstić information content (AvgIpc) is 2.84. The highest BCUT2D eigenvalue weighted by molar-refractivity contribution is 7.20. The van der Waals surface area contributed by atoms with Crippen LogP contribution in [0.5, 0.6) is 0 Å². The molecule has 0 aliphatic heterocycles. The van der Waals surface area contributed by atoms with E-state index in [9.17, 15) is 0 Å². The quantitative estimate of drug-likeness (QED) is 0.864. The van der Waals surface area contributed by atoms with E-state index in [1.165, 1.54) is 16.9 Å². The summed E-state index contributed by atoms with van der Waals surface area (Å²) in [4.78, 5) is 0. The van der Waals surface area contributed by atoms with Crippen molar-refractivity contribution in [2.45, 2.75) is 18.9 Å². The van der Waals surface area contributed by atoms with Gasteiger partial charge in [0.2, 0.25) is 0 Å². The van der Waals surface area contributed by atoms with E-state index in [4.69, 9.17) is 28.9 Å². The molecule has 0 aliphatic carbocycles. The van der Waals surface area contributed by atoms with E-state index in [2.05, 4.69) is 16.8 Å². The molecule has 0 bridgehead atoms. The average molecular weight is 292 g/mol. The summed E-state index contributed by atoms with van der Waals surface area (Å²) >= 11 is 15.0. The largest absolute Gasteiger partial charge is 0.324 e.